The smallest absolute Gasteiger partial charge is 0.397 e. The highest BCUT2D eigenvalue weighted by Crippen LogP contribution is 2.30. The van der Waals surface area contributed by atoms with Gasteiger partial charge in [-0.25, -0.2) is 9.37 Å². The SMILES string of the molecule is C=C(C=CC(=CC)NC(=O)C(C)NCCN(CCC)c1ccc(C(F)(F)F)cn1)C(=O)Nc1cc(-c2ccc(F)cc2)ccc1N. The third kappa shape index (κ3) is 10.3. The van der Waals surface area contributed by atoms with E-state index in [9.17, 15) is 27.2 Å². The highest BCUT2D eigenvalue weighted by atomic mass is 19.4. The monoisotopic (exact) mass is 638 g/mol. The number of hydrogen-bond donors (Lipinski definition) is 4. The second-order valence-corrected chi connectivity index (χ2v) is 10.4. The van der Waals surface area contributed by atoms with Crippen molar-refractivity contribution in [1.82, 2.24) is 15.6 Å². The first-order valence-corrected chi connectivity index (χ1v) is 14.6. The molecule has 1 heterocycles. The number of benzene rings is 2. The zero-order chi connectivity index (χ0) is 33.9. The normalized spacial score (nSPS) is 12.5. The summed E-state index contributed by atoms with van der Waals surface area (Å²) in [6, 6.07) is 12.8. The molecule has 3 rings (SSSR count). The summed E-state index contributed by atoms with van der Waals surface area (Å²) < 4.78 is 52.0. The molecule has 12 heteroatoms. The number of rotatable bonds is 14. The quantitative estimate of drug-likeness (QED) is 0.0699. The number of nitrogens with zero attached hydrogens (tertiary/aromatic N) is 2. The summed E-state index contributed by atoms with van der Waals surface area (Å²) in [4.78, 5) is 31.5. The van der Waals surface area contributed by atoms with Crippen LogP contribution in [0.5, 0.6) is 0 Å². The lowest BCUT2D eigenvalue weighted by Gasteiger charge is -2.24. The second-order valence-electron chi connectivity index (χ2n) is 10.4. The van der Waals surface area contributed by atoms with Crippen LogP contribution in [-0.2, 0) is 15.8 Å². The molecular weight excluding hydrogens is 600 g/mol. The summed E-state index contributed by atoms with van der Waals surface area (Å²) in [5.74, 6) is -0.768. The van der Waals surface area contributed by atoms with Crippen molar-refractivity contribution in [3.05, 3.63) is 108 Å². The molecule has 46 heavy (non-hydrogen) atoms. The number of anilines is 3. The van der Waals surface area contributed by atoms with Crippen LogP contribution in [0.3, 0.4) is 0 Å². The van der Waals surface area contributed by atoms with Crippen molar-refractivity contribution in [3.63, 3.8) is 0 Å². The number of carbonyl (C=O) groups is 2. The maximum Gasteiger partial charge on any atom is 0.417 e. The van der Waals surface area contributed by atoms with Crippen molar-refractivity contribution in [2.75, 3.05) is 35.6 Å². The summed E-state index contributed by atoms with van der Waals surface area (Å²) in [6.07, 6.45) is 1.78. The summed E-state index contributed by atoms with van der Waals surface area (Å²) >= 11 is 0. The molecule has 0 saturated heterocycles. The maximum absolute atomic E-state index is 13.3. The van der Waals surface area contributed by atoms with Crippen molar-refractivity contribution in [2.45, 2.75) is 39.4 Å². The summed E-state index contributed by atoms with van der Waals surface area (Å²) in [7, 11) is 0. The van der Waals surface area contributed by atoms with E-state index in [-0.39, 0.29) is 17.3 Å². The van der Waals surface area contributed by atoms with Gasteiger partial charge < -0.3 is 26.6 Å². The molecule has 0 aliphatic carbocycles. The zero-order valence-electron chi connectivity index (χ0n) is 25.9. The number of hydrogen-bond acceptors (Lipinski definition) is 6. The van der Waals surface area contributed by atoms with Crippen molar-refractivity contribution >= 4 is 29.0 Å². The summed E-state index contributed by atoms with van der Waals surface area (Å²) in [5, 5.41) is 8.63. The molecule has 0 aliphatic heterocycles. The number of carbonyl (C=O) groups excluding carboxylic acids is 2. The van der Waals surface area contributed by atoms with E-state index in [1.165, 1.54) is 24.3 Å². The van der Waals surface area contributed by atoms with Gasteiger partial charge >= 0.3 is 6.18 Å². The third-order valence-corrected chi connectivity index (χ3v) is 6.93. The van der Waals surface area contributed by atoms with Gasteiger partial charge in [-0.1, -0.05) is 37.8 Å². The zero-order valence-corrected chi connectivity index (χ0v) is 25.9. The molecule has 0 bridgehead atoms. The van der Waals surface area contributed by atoms with Gasteiger partial charge in [0.15, 0.2) is 0 Å². The van der Waals surface area contributed by atoms with Crippen molar-refractivity contribution in [2.24, 2.45) is 0 Å². The van der Waals surface area contributed by atoms with Gasteiger partial charge in [-0.2, -0.15) is 13.2 Å². The molecule has 1 atom stereocenters. The fourth-order valence-electron chi connectivity index (χ4n) is 4.28. The van der Waals surface area contributed by atoms with E-state index in [0.717, 1.165) is 29.8 Å². The number of halogens is 4. The molecule has 5 N–H and O–H groups in total. The van der Waals surface area contributed by atoms with Crippen LogP contribution in [0, 0.1) is 5.82 Å². The molecular formula is C34H38F4N6O2. The number of pyridine rings is 1. The Morgan fingerprint density at radius 3 is 2.35 bits per heavy atom. The first-order chi connectivity index (χ1) is 21.8. The highest BCUT2D eigenvalue weighted by molar-refractivity contribution is 6.07. The fraction of sp³-hybridized carbons (Fsp3) is 0.265. The maximum atomic E-state index is 13.3. The number of nitrogen functional groups attached to an aromatic ring is 1. The Balaban J connectivity index is 1.52. The molecule has 0 spiro atoms. The van der Waals surface area contributed by atoms with Gasteiger partial charge in [-0.05, 0) is 79.9 Å². The van der Waals surface area contributed by atoms with Crippen LogP contribution >= 0.6 is 0 Å². The minimum atomic E-state index is -4.46. The van der Waals surface area contributed by atoms with E-state index >= 15 is 0 Å². The lowest BCUT2D eigenvalue weighted by atomic mass is 10.0. The second kappa shape index (κ2) is 16.4. The molecule has 8 nitrogen and oxygen atoms in total. The van der Waals surface area contributed by atoms with Gasteiger partial charge in [-0.3, -0.25) is 9.59 Å². The first kappa shape index (κ1) is 35.5. The number of allylic oxidation sites excluding steroid dienone is 2. The number of aromatic nitrogens is 1. The van der Waals surface area contributed by atoms with Crippen LogP contribution in [-0.4, -0.2) is 42.5 Å². The van der Waals surface area contributed by atoms with Crippen LogP contribution in [0.15, 0.2) is 96.9 Å². The first-order valence-electron chi connectivity index (χ1n) is 14.6. The minimum absolute atomic E-state index is 0.110. The topological polar surface area (TPSA) is 112 Å². The van der Waals surface area contributed by atoms with Gasteiger partial charge in [-0.15, -0.1) is 0 Å². The van der Waals surface area contributed by atoms with Gasteiger partial charge in [0, 0.05) is 37.1 Å². The average molecular weight is 639 g/mol. The van der Waals surface area contributed by atoms with Crippen LogP contribution < -0.4 is 26.6 Å². The van der Waals surface area contributed by atoms with Gasteiger partial charge in [0.25, 0.3) is 5.91 Å². The summed E-state index contributed by atoms with van der Waals surface area (Å²) in [5.41, 5.74) is 7.99. The van der Waals surface area contributed by atoms with Gasteiger partial charge in [0.05, 0.1) is 23.0 Å². The van der Waals surface area contributed by atoms with Crippen molar-refractivity contribution in [1.29, 1.82) is 0 Å². The lowest BCUT2D eigenvalue weighted by molar-refractivity contribution is -0.137. The Kier molecular flexibility index (Phi) is 12.6. The van der Waals surface area contributed by atoms with Crippen LogP contribution in [0.1, 0.15) is 32.8 Å². The fourth-order valence-corrected chi connectivity index (χ4v) is 4.28. The number of alkyl halides is 3. The van der Waals surface area contributed by atoms with Crippen LogP contribution in [0.2, 0.25) is 0 Å². The molecule has 3 aromatic rings. The number of nitrogens with one attached hydrogen (secondary N) is 3. The Morgan fingerprint density at radius 2 is 1.74 bits per heavy atom. The molecule has 2 amide bonds. The van der Waals surface area contributed by atoms with Crippen LogP contribution in [0.25, 0.3) is 11.1 Å². The molecule has 0 aliphatic rings. The van der Waals surface area contributed by atoms with E-state index in [2.05, 4.69) is 27.5 Å². The third-order valence-electron chi connectivity index (χ3n) is 6.93. The van der Waals surface area contributed by atoms with Crippen molar-refractivity contribution < 1.29 is 27.2 Å². The average Bonchev–Trinajstić information content (AvgIpc) is 3.03. The van der Waals surface area contributed by atoms with Crippen molar-refractivity contribution in [3.8, 4) is 11.1 Å². The number of amides is 2. The Bertz CT molecular complexity index is 1570. The number of nitrogens with two attached hydrogens (primary N) is 1. The Labute approximate surface area is 266 Å². The van der Waals surface area contributed by atoms with Gasteiger partial charge in [0.1, 0.15) is 11.6 Å². The molecule has 1 aromatic heterocycles. The molecule has 244 valence electrons. The van der Waals surface area contributed by atoms with E-state index < -0.39 is 23.7 Å². The molecule has 0 fully saturated rings. The molecule has 0 saturated carbocycles. The molecule has 2 aromatic carbocycles. The highest BCUT2D eigenvalue weighted by Gasteiger charge is 2.30. The largest absolute Gasteiger partial charge is 0.417 e. The Hall–Kier alpha value is -4.97. The van der Waals surface area contributed by atoms with Crippen LogP contribution in [0.4, 0.5) is 34.8 Å². The summed E-state index contributed by atoms with van der Waals surface area (Å²) in [6.45, 7) is 10.5. The predicted octanol–water partition coefficient (Wildman–Crippen LogP) is 6.45. The van der Waals surface area contributed by atoms with E-state index in [0.29, 0.717) is 42.5 Å². The minimum Gasteiger partial charge on any atom is -0.397 e. The molecule has 0 radical (unpaired) electrons. The van der Waals surface area contributed by atoms with E-state index in [1.807, 2.05) is 11.8 Å². The lowest BCUT2D eigenvalue weighted by Crippen LogP contribution is -2.44. The standard InChI is InChI=1S/C34H38F4N6O2/c1-5-18-44(31-16-11-26(21-41-31)34(36,37)38)19-17-40-23(4)33(46)42-28(6-2)14-7-22(3)32(45)43-30-20-25(10-15-29(30)39)24-8-12-27(35)13-9-24/h6-16,20-21,23,40H,3,5,17-19,39H2,1-2,4H3,(H,42,46)(H,43,45). The molecule has 1 unspecified atom stereocenters. The van der Waals surface area contributed by atoms with E-state index in [1.54, 1.807) is 56.3 Å². The van der Waals surface area contributed by atoms with Gasteiger partial charge in [0.2, 0.25) is 5.91 Å². The van der Waals surface area contributed by atoms with E-state index in [4.69, 9.17) is 5.73 Å². The Morgan fingerprint density at radius 1 is 1.04 bits per heavy atom. The predicted molar refractivity (Wildman–Crippen MR) is 174 cm³/mol.